The number of aromatic carboxylic acids is 1. The van der Waals surface area contributed by atoms with Gasteiger partial charge in [0.25, 0.3) is 5.92 Å². The van der Waals surface area contributed by atoms with Crippen LogP contribution in [0.2, 0.25) is 0 Å². The first kappa shape index (κ1) is 9.95. The number of halogens is 2. The molecular weight excluding hydrogens is 206 g/mol. The van der Waals surface area contributed by atoms with Crippen LogP contribution in [0.3, 0.4) is 0 Å². The van der Waals surface area contributed by atoms with Gasteiger partial charge >= 0.3 is 5.97 Å². The third-order valence-electron chi connectivity index (χ3n) is 2.31. The molecule has 15 heavy (non-hydrogen) atoms. The van der Waals surface area contributed by atoms with Crippen molar-refractivity contribution >= 4 is 5.97 Å². The Morgan fingerprint density at radius 2 is 2.33 bits per heavy atom. The molecule has 80 valence electrons. The molecule has 0 aliphatic heterocycles. The van der Waals surface area contributed by atoms with E-state index in [4.69, 9.17) is 5.11 Å². The summed E-state index contributed by atoms with van der Waals surface area (Å²) in [7, 11) is 0. The minimum Gasteiger partial charge on any atom is -0.477 e. The minimum absolute atomic E-state index is 0.0358. The Morgan fingerprint density at radius 3 is 2.87 bits per heavy atom. The van der Waals surface area contributed by atoms with Gasteiger partial charge in [-0.2, -0.15) is 0 Å². The summed E-state index contributed by atoms with van der Waals surface area (Å²) in [5.41, 5.74) is -0.163. The molecule has 1 unspecified atom stereocenters. The fraction of sp³-hybridized carbons (Fsp3) is 0.444. The largest absolute Gasteiger partial charge is 0.477 e. The van der Waals surface area contributed by atoms with Gasteiger partial charge in [0.2, 0.25) is 0 Å². The van der Waals surface area contributed by atoms with Crippen molar-refractivity contribution in [3.8, 4) is 0 Å². The van der Waals surface area contributed by atoms with E-state index in [0.29, 0.717) is 0 Å². The van der Waals surface area contributed by atoms with Crippen LogP contribution in [0.4, 0.5) is 8.78 Å². The van der Waals surface area contributed by atoms with E-state index in [-0.39, 0.29) is 24.4 Å². The average molecular weight is 214 g/mol. The summed E-state index contributed by atoms with van der Waals surface area (Å²) < 4.78 is 25.1. The summed E-state index contributed by atoms with van der Waals surface area (Å²) in [6, 6.07) is 1.23. The second-order valence-electron chi connectivity index (χ2n) is 3.53. The average Bonchev–Trinajstić information content (AvgIpc) is 2.74. The first-order valence-electron chi connectivity index (χ1n) is 4.42. The molecule has 0 radical (unpaired) electrons. The van der Waals surface area contributed by atoms with Crippen molar-refractivity contribution in [2.75, 3.05) is 0 Å². The molecule has 0 bridgehead atoms. The molecule has 1 fully saturated rings. The fourth-order valence-electron chi connectivity index (χ4n) is 1.33. The van der Waals surface area contributed by atoms with Gasteiger partial charge in [-0.25, -0.2) is 23.5 Å². The molecule has 1 heterocycles. The van der Waals surface area contributed by atoms with Crippen LogP contribution in [-0.2, 0) is 6.42 Å². The molecule has 1 N–H and O–H groups in total. The third-order valence-corrected chi connectivity index (χ3v) is 2.31. The lowest BCUT2D eigenvalue weighted by Crippen LogP contribution is -2.07. The van der Waals surface area contributed by atoms with Crippen LogP contribution < -0.4 is 0 Å². The molecule has 0 spiro atoms. The van der Waals surface area contributed by atoms with Crippen molar-refractivity contribution in [2.45, 2.75) is 18.8 Å². The molecule has 0 amide bonds. The predicted molar refractivity (Wildman–Crippen MR) is 45.7 cm³/mol. The van der Waals surface area contributed by atoms with Gasteiger partial charge in [0.1, 0.15) is 5.82 Å². The highest BCUT2D eigenvalue weighted by Gasteiger charge is 2.56. The van der Waals surface area contributed by atoms with Crippen LogP contribution >= 0.6 is 0 Å². The topological polar surface area (TPSA) is 63.1 Å². The minimum atomic E-state index is -2.62. The van der Waals surface area contributed by atoms with Crippen molar-refractivity contribution in [1.29, 1.82) is 0 Å². The van der Waals surface area contributed by atoms with E-state index >= 15 is 0 Å². The molecule has 1 aliphatic carbocycles. The zero-order valence-electron chi connectivity index (χ0n) is 7.65. The van der Waals surface area contributed by atoms with Crippen molar-refractivity contribution < 1.29 is 18.7 Å². The maximum absolute atomic E-state index is 12.6. The number of alkyl halides is 2. The van der Waals surface area contributed by atoms with Gasteiger partial charge in [-0.05, 0) is 6.07 Å². The van der Waals surface area contributed by atoms with Crippen LogP contribution in [0, 0.1) is 5.92 Å². The van der Waals surface area contributed by atoms with E-state index in [1.54, 1.807) is 0 Å². The number of hydrogen-bond acceptors (Lipinski definition) is 3. The van der Waals surface area contributed by atoms with E-state index in [0.717, 1.165) is 0 Å². The third kappa shape index (κ3) is 2.08. The van der Waals surface area contributed by atoms with Crippen LogP contribution in [0.25, 0.3) is 0 Å². The molecule has 4 nitrogen and oxygen atoms in total. The van der Waals surface area contributed by atoms with Crippen molar-refractivity contribution in [3.05, 3.63) is 23.8 Å². The van der Waals surface area contributed by atoms with Gasteiger partial charge in [0, 0.05) is 25.0 Å². The normalized spacial score (nSPS) is 22.4. The number of carboxylic acid groups (broad SMARTS) is 1. The predicted octanol–water partition coefficient (Wildman–Crippen LogP) is 1.37. The Labute approximate surface area is 84.0 Å². The number of rotatable bonds is 3. The summed E-state index contributed by atoms with van der Waals surface area (Å²) in [5.74, 6) is -4.37. The van der Waals surface area contributed by atoms with Crippen LogP contribution in [0.1, 0.15) is 22.7 Å². The highest BCUT2D eigenvalue weighted by molar-refractivity contribution is 5.85. The lowest BCUT2D eigenvalue weighted by molar-refractivity contribution is 0.0690. The maximum atomic E-state index is 12.6. The molecule has 0 saturated heterocycles. The Kier molecular flexibility index (Phi) is 2.13. The van der Waals surface area contributed by atoms with E-state index in [2.05, 4.69) is 9.97 Å². The van der Waals surface area contributed by atoms with Gasteiger partial charge in [-0.3, -0.25) is 0 Å². The smallest absolute Gasteiger partial charge is 0.354 e. The van der Waals surface area contributed by atoms with Gasteiger partial charge < -0.3 is 5.11 Å². The van der Waals surface area contributed by atoms with E-state index < -0.39 is 17.8 Å². The van der Waals surface area contributed by atoms with Crippen LogP contribution in [-0.4, -0.2) is 27.0 Å². The molecule has 1 aromatic heterocycles. The van der Waals surface area contributed by atoms with Crippen molar-refractivity contribution in [3.63, 3.8) is 0 Å². The van der Waals surface area contributed by atoms with Gasteiger partial charge in [0.15, 0.2) is 5.69 Å². The number of aromatic nitrogens is 2. The first-order valence-corrected chi connectivity index (χ1v) is 4.42. The van der Waals surface area contributed by atoms with E-state index in [1.165, 1.54) is 12.3 Å². The van der Waals surface area contributed by atoms with E-state index in [9.17, 15) is 13.6 Å². The lowest BCUT2D eigenvalue weighted by Gasteiger charge is -1.99. The second kappa shape index (κ2) is 3.22. The standard InChI is InChI=1S/C9H8F2N2O2/c10-9(11)4-5(9)3-7-12-2-1-6(13-7)8(14)15/h1-2,5H,3-4H2,(H,14,15). The lowest BCUT2D eigenvalue weighted by atomic mass is 10.2. The molecule has 6 heteroatoms. The van der Waals surface area contributed by atoms with Crippen molar-refractivity contribution in [1.82, 2.24) is 9.97 Å². The zero-order chi connectivity index (χ0) is 11.1. The van der Waals surface area contributed by atoms with Gasteiger partial charge in [-0.1, -0.05) is 0 Å². The second-order valence-corrected chi connectivity index (χ2v) is 3.53. The van der Waals surface area contributed by atoms with Crippen molar-refractivity contribution in [2.24, 2.45) is 5.92 Å². The molecule has 2 rings (SSSR count). The van der Waals surface area contributed by atoms with Crippen LogP contribution in [0.5, 0.6) is 0 Å². The molecular formula is C9H8F2N2O2. The Bertz CT molecular complexity index is 409. The fourth-order valence-corrected chi connectivity index (χ4v) is 1.33. The highest BCUT2D eigenvalue weighted by atomic mass is 19.3. The van der Waals surface area contributed by atoms with Gasteiger partial charge in [-0.15, -0.1) is 0 Å². The molecule has 1 aromatic rings. The maximum Gasteiger partial charge on any atom is 0.354 e. The molecule has 1 atom stereocenters. The van der Waals surface area contributed by atoms with Crippen LogP contribution in [0.15, 0.2) is 12.3 Å². The van der Waals surface area contributed by atoms with Gasteiger partial charge in [0.05, 0.1) is 0 Å². The summed E-state index contributed by atoms with van der Waals surface area (Å²) in [5, 5.41) is 8.62. The monoisotopic (exact) mass is 214 g/mol. The number of carbonyl (C=O) groups is 1. The molecule has 1 aliphatic rings. The molecule has 1 saturated carbocycles. The Balaban J connectivity index is 2.09. The zero-order valence-corrected chi connectivity index (χ0v) is 7.65. The highest BCUT2D eigenvalue weighted by Crippen LogP contribution is 2.49. The quantitative estimate of drug-likeness (QED) is 0.825. The number of carboxylic acids is 1. The summed E-state index contributed by atoms with van der Waals surface area (Å²) in [6.45, 7) is 0. The number of nitrogens with zero attached hydrogens (tertiary/aromatic N) is 2. The SMILES string of the molecule is O=C(O)c1ccnc(CC2CC2(F)F)n1. The summed E-state index contributed by atoms with van der Waals surface area (Å²) >= 11 is 0. The first-order chi connectivity index (χ1) is 6.99. The summed E-state index contributed by atoms with van der Waals surface area (Å²) in [4.78, 5) is 18.0. The number of hydrogen-bond donors (Lipinski definition) is 1. The molecule has 0 aromatic carbocycles. The Hall–Kier alpha value is -1.59. The Morgan fingerprint density at radius 1 is 1.67 bits per heavy atom. The summed E-state index contributed by atoms with van der Waals surface area (Å²) in [6.07, 6.45) is 1.15. The van der Waals surface area contributed by atoms with E-state index in [1.807, 2.05) is 0 Å².